The first kappa shape index (κ1) is 17.6. The molecule has 2 N–H and O–H groups in total. The molecule has 10 nitrogen and oxygen atoms in total. The molecule has 2 aliphatic heterocycles. The molecular formula is C16H23N5O5. The number of ether oxygens (including phenoxy) is 3. The summed E-state index contributed by atoms with van der Waals surface area (Å²) in [7, 11) is 3.75. The van der Waals surface area contributed by atoms with Crippen molar-refractivity contribution >= 4 is 17.0 Å². The fourth-order valence-electron chi connectivity index (χ4n) is 3.42. The molecule has 26 heavy (non-hydrogen) atoms. The van der Waals surface area contributed by atoms with Crippen molar-refractivity contribution in [3.05, 3.63) is 12.7 Å². The van der Waals surface area contributed by atoms with E-state index in [1.54, 1.807) is 10.9 Å². The van der Waals surface area contributed by atoms with Gasteiger partial charge in [-0.25, -0.2) is 15.0 Å². The van der Waals surface area contributed by atoms with Crippen molar-refractivity contribution in [2.45, 2.75) is 43.7 Å². The van der Waals surface area contributed by atoms with Crippen LogP contribution in [-0.2, 0) is 14.2 Å². The van der Waals surface area contributed by atoms with E-state index >= 15 is 0 Å². The van der Waals surface area contributed by atoms with E-state index in [4.69, 9.17) is 14.2 Å². The number of hydrogen-bond donors (Lipinski definition) is 2. The number of imidazole rings is 1. The van der Waals surface area contributed by atoms with Crippen LogP contribution in [0.1, 0.15) is 19.1 Å². The summed E-state index contributed by atoms with van der Waals surface area (Å²) in [5, 5.41) is 20.1. The SMILES string of the molecule is CN(C)c1ncnc2c1ncn2[C@@H]1O[C@H](CO)[C@@H](O)[C@H]1OC1CCCO1. The molecule has 2 aromatic heterocycles. The fourth-order valence-corrected chi connectivity index (χ4v) is 3.42. The number of anilines is 1. The Labute approximate surface area is 150 Å². The summed E-state index contributed by atoms with van der Waals surface area (Å²) in [4.78, 5) is 14.8. The maximum Gasteiger partial charge on any atom is 0.167 e. The highest BCUT2D eigenvalue weighted by Gasteiger charge is 2.47. The van der Waals surface area contributed by atoms with E-state index < -0.39 is 24.5 Å². The Balaban J connectivity index is 1.69. The lowest BCUT2D eigenvalue weighted by Crippen LogP contribution is -2.38. The van der Waals surface area contributed by atoms with Crippen molar-refractivity contribution in [1.82, 2.24) is 19.5 Å². The van der Waals surface area contributed by atoms with Crippen molar-refractivity contribution in [2.24, 2.45) is 0 Å². The normalized spacial score (nSPS) is 31.8. The first-order valence-electron chi connectivity index (χ1n) is 8.66. The van der Waals surface area contributed by atoms with Gasteiger partial charge in [0.25, 0.3) is 0 Å². The lowest BCUT2D eigenvalue weighted by Gasteiger charge is -2.25. The third-order valence-electron chi connectivity index (χ3n) is 4.73. The minimum absolute atomic E-state index is 0.312. The zero-order valence-electron chi connectivity index (χ0n) is 14.7. The van der Waals surface area contributed by atoms with Crippen molar-refractivity contribution in [3.8, 4) is 0 Å². The van der Waals surface area contributed by atoms with Crippen LogP contribution in [-0.4, -0.2) is 81.6 Å². The molecule has 0 amide bonds. The van der Waals surface area contributed by atoms with Crippen LogP contribution in [0.15, 0.2) is 12.7 Å². The van der Waals surface area contributed by atoms with Crippen LogP contribution in [0.4, 0.5) is 5.82 Å². The number of aliphatic hydroxyl groups excluding tert-OH is 2. The second-order valence-electron chi connectivity index (χ2n) is 6.70. The van der Waals surface area contributed by atoms with Gasteiger partial charge in [0, 0.05) is 27.1 Å². The summed E-state index contributed by atoms with van der Waals surface area (Å²) in [5.74, 6) is 0.683. The van der Waals surface area contributed by atoms with Crippen LogP contribution in [0.3, 0.4) is 0 Å². The predicted molar refractivity (Wildman–Crippen MR) is 90.5 cm³/mol. The van der Waals surface area contributed by atoms with Crippen molar-refractivity contribution in [2.75, 3.05) is 32.2 Å². The first-order chi connectivity index (χ1) is 12.6. The molecule has 2 aromatic rings. The van der Waals surface area contributed by atoms with Gasteiger partial charge in [0.15, 0.2) is 29.5 Å². The van der Waals surface area contributed by atoms with Gasteiger partial charge in [-0.05, 0) is 6.42 Å². The predicted octanol–water partition coefficient (Wildman–Crippen LogP) is -0.335. The molecule has 0 saturated carbocycles. The molecule has 0 aliphatic carbocycles. The summed E-state index contributed by atoms with van der Waals surface area (Å²) in [6.07, 6.45) is 1.22. The standard InChI is InChI=1S/C16H23N5O5/c1-20(2)14-11-15(18-7-17-14)21(8-19-11)16-13(12(23)9(6-22)25-16)26-10-4-3-5-24-10/h7-10,12-13,16,22-23H,3-6H2,1-2H3/t9-,10?,12-,13-,16-/m1/s1. The minimum Gasteiger partial charge on any atom is -0.394 e. The highest BCUT2D eigenvalue weighted by molar-refractivity contribution is 5.83. The van der Waals surface area contributed by atoms with Crippen molar-refractivity contribution < 1.29 is 24.4 Å². The van der Waals surface area contributed by atoms with Crippen LogP contribution >= 0.6 is 0 Å². The molecule has 10 heteroatoms. The smallest absolute Gasteiger partial charge is 0.167 e. The molecular weight excluding hydrogens is 342 g/mol. The van der Waals surface area contributed by atoms with Crippen molar-refractivity contribution in [1.29, 1.82) is 0 Å². The topological polar surface area (TPSA) is 115 Å². The highest BCUT2D eigenvalue weighted by atomic mass is 16.7. The van der Waals surface area contributed by atoms with Crippen LogP contribution < -0.4 is 4.90 Å². The highest BCUT2D eigenvalue weighted by Crippen LogP contribution is 2.36. The zero-order chi connectivity index (χ0) is 18.3. The van der Waals surface area contributed by atoms with E-state index in [1.165, 1.54) is 6.33 Å². The number of hydrogen-bond acceptors (Lipinski definition) is 9. The number of aromatic nitrogens is 4. The minimum atomic E-state index is -0.984. The van der Waals surface area contributed by atoms with E-state index in [1.807, 2.05) is 19.0 Å². The summed E-state index contributed by atoms with van der Waals surface area (Å²) >= 11 is 0. The first-order valence-corrected chi connectivity index (χ1v) is 8.66. The lowest BCUT2D eigenvalue weighted by molar-refractivity contribution is -0.181. The average molecular weight is 365 g/mol. The van der Waals surface area contributed by atoms with Gasteiger partial charge in [0.2, 0.25) is 0 Å². The molecule has 142 valence electrons. The Morgan fingerprint density at radius 2 is 2.19 bits per heavy atom. The Morgan fingerprint density at radius 1 is 1.35 bits per heavy atom. The van der Waals surface area contributed by atoms with Crippen molar-refractivity contribution in [3.63, 3.8) is 0 Å². The van der Waals surface area contributed by atoms with Gasteiger partial charge in [-0.15, -0.1) is 0 Å². The maximum atomic E-state index is 10.6. The largest absolute Gasteiger partial charge is 0.394 e. The average Bonchev–Trinajstić information content (AvgIpc) is 3.35. The van der Waals surface area contributed by atoms with E-state index in [0.717, 1.165) is 12.8 Å². The third kappa shape index (κ3) is 2.93. The molecule has 4 heterocycles. The monoisotopic (exact) mass is 365 g/mol. The van der Waals surface area contributed by atoms with Crippen LogP contribution in [0.25, 0.3) is 11.2 Å². The molecule has 2 aliphatic rings. The van der Waals surface area contributed by atoms with E-state index in [-0.39, 0.29) is 12.9 Å². The summed E-state index contributed by atoms with van der Waals surface area (Å²) < 4.78 is 19.1. The second kappa shape index (κ2) is 7.05. The summed E-state index contributed by atoms with van der Waals surface area (Å²) in [6.45, 7) is 0.323. The van der Waals surface area contributed by atoms with Gasteiger partial charge in [-0.1, -0.05) is 0 Å². The van der Waals surface area contributed by atoms with Gasteiger partial charge in [-0.2, -0.15) is 0 Å². The van der Waals surface area contributed by atoms with Gasteiger partial charge in [0.1, 0.15) is 24.6 Å². The van der Waals surface area contributed by atoms with Crippen LogP contribution in [0, 0.1) is 0 Å². The Morgan fingerprint density at radius 3 is 2.88 bits per heavy atom. The lowest BCUT2D eigenvalue weighted by atomic mass is 10.1. The van der Waals surface area contributed by atoms with Gasteiger partial charge < -0.3 is 29.3 Å². The molecule has 0 bridgehead atoms. The Hall–Kier alpha value is -1.85. The molecule has 1 unspecified atom stereocenters. The second-order valence-corrected chi connectivity index (χ2v) is 6.70. The quantitative estimate of drug-likeness (QED) is 0.734. The maximum absolute atomic E-state index is 10.6. The summed E-state index contributed by atoms with van der Waals surface area (Å²) in [6, 6.07) is 0. The van der Waals surface area contributed by atoms with E-state index in [2.05, 4.69) is 15.0 Å². The molecule has 0 spiro atoms. The Kier molecular flexibility index (Phi) is 4.76. The van der Waals surface area contributed by atoms with Gasteiger partial charge >= 0.3 is 0 Å². The zero-order valence-corrected chi connectivity index (χ0v) is 14.7. The van der Waals surface area contributed by atoms with Crippen LogP contribution in [0.2, 0.25) is 0 Å². The van der Waals surface area contributed by atoms with Gasteiger partial charge in [0.05, 0.1) is 12.9 Å². The molecule has 4 rings (SSSR count). The molecule has 2 fully saturated rings. The van der Waals surface area contributed by atoms with E-state index in [9.17, 15) is 10.2 Å². The van der Waals surface area contributed by atoms with Crippen LogP contribution in [0.5, 0.6) is 0 Å². The third-order valence-corrected chi connectivity index (χ3v) is 4.73. The Bertz CT molecular complexity index is 763. The van der Waals surface area contributed by atoms with Gasteiger partial charge in [-0.3, -0.25) is 4.57 Å². The number of fused-ring (bicyclic) bond motifs is 1. The molecule has 0 aromatic carbocycles. The molecule has 0 radical (unpaired) electrons. The molecule has 5 atom stereocenters. The number of rotatable bonds is 5. The van der Waals surface area contributed by atoms with E-state index in [0.29, 0.717) is 23.6 Å². The fraction of sp³-hybridized carbons (Fsp3) is 0.688. The number of aliphatic hydroxyl groups is 2. The number of nitrogens with zero attached hydrogens (tertiary/aromatic N) is 5. The summed E-state index contributed by atoms with van der Waals surface area (Å²) in [5.41, 5.74) is 1.19. The molecule has 2 saturated heterocycles.